The number of hydrogen-bond acceptors (Lipinski definition) is 5. The lowest BCUT2D eigenvalue weighted by Gasteiger charge is -2.23. The highest BCUT2D eigenvalue weighted by atomic mass is 16.7. The number of ether oxygens (including phenoxy) is 1. The van der Waals surface area contributed by atoms with Gasteiger partial charge in [0, 0.05) is 0 Å². The Kier molecular flexibility index (Phi) is 1.29. The maximum absolute atomic E-state index is 10.0. The molecular weight excluding hydrogens is 144 g/mol. The van der Waals surface area contributed by atoms with Crippen molar-refractivity contribution in [3.05, 3.63) is 20.2 Å². The monoisotopic (exact) mass is 148 g/mol. The summed E-state index contributed by atoms with van der Waals surface area (Å²) in [6.45, 7) is -0.847. The molecular formula is C3H4N2O5. The molecule has 0 saturated carbocycles. The molecule has 0 aliphatic carbocycles. The van der Waals surface area contributed by atoms with Crippen LogP contribution in [0.1, 0.15) is 0 Å². The van der Waals surface area contributed by atoms with Crippen LogP contribution in [0.4, 0.5) is 0 Å². The number of hydrogen-bond donors (Lipinski definition) is 0. The lowest BCUT2D eigenvalue weighted by molar-refractivity contribution is -0.821. The van der Waals surface area contributed by atoms with Gasteiger partial charge < -0.3 is 4.74 Å². The second-order valence-electron chi connectivity index (χ2n) is 1.99. The van der Waals surface area contributed by atoms with E-state index in [2.05, 4.69) is 4.74 Å². The van der Waals surface area contributed by atoms with E-state index in [1.54, 1.807) is 0 Å². The highest BCUT2D eigenvalue weighted by Crippen LogP contribution is 2.20. The molecule has 0 bridgehead atoms. The molecule has 1 rings (SSSR count). The highest BCUT2D eigenvalue weighted by molar-refractivity contribution is 4.73. The fourth-order valence-corrected chi connectivity index (χ4v) is 0.562. The first-order valence-electron chi connectivity index (χ1n) is 2.46. The Morgan fingerprint density at radius 3 is 1.60 bits per heavy atom. The van der Waals surface area contributed by atoms with E-state index in [0.717, 1.165) is 0 Å². The van der Waals surface area contributed by atoms with Crippen LogP contribution in [0.15, 0.2) is 0 Å². The zero-order valence-corrected chi connectivity index (χ0v) is 4.85. The molecule has 56 valence electrons. The van der Waals surface area contributed by atoms with Crippen molar-refractivity contribution in [1.82, 2.24) is 0 Å². The van der Waals surface area contributed by atoms with Crippen molar-refractivity contribution in [2.75, 3.05) is 13.2 Å². The standard InChI is InChI=1S/C3H4N2O5/c6-4(7)3(5(8)9)1-10-2-3/h1-2H2. The molecule has 0 amide bonds. The third-order valence-electron chi connectivity index (χ3n) is 1.35. The summed E-state index contributed by atoms with van der Waals surface area (Å²) >= 11 is 0. The van der Waals surface area contributed by atoms with Gasteiger partial charge in [0.15, 0.2) is 13.2 Å². The Bertz CT molecular complexity index is 169. The molecule has 7 nitrogen and oxygen atoms in total. The third-order valence-corrected chi connectivity index (χ3v) is 1.35. The van der Waals surface area contributed by atoms with E-state index in [-0.39, 0.29) is 0 Å². The largest absolute Gasteiger partial charge is 0.503 e. The highest BCUT2D eigenvalue weighted by Gasteiger charge is 2.63. The molecule has 7 heteroatoms. The molecule has 0 aromatic carbocycles. The van der Waals surface area contributed by atoms with Crippen molar-refractivity contribution in [2.24, 2.45) is 0 Å². The van der Waals surface area contributed by atoms with E-state index in [4.69, 9.17) is 0 Å². The van der Waals surface area contributed by atoms with Crippen molar-refractivity contribution in [2.45, 2.75) is 5.66 Å². The van der Waals surface area contributed by atoms with E-state index in [9.17, 15) is 20.2 Å². The molecule has 0 aromatic rings. The van der Waals surface area contributed by atoms with Crippen molar-refractivity contribution in [3.63, 3.8) is 0 Å². The summed E-state index contributed by atoms with van der Waals surface area (Å²) in [5.74, 6) is 0. The number of rotatable bonds is 2. The van der Waals surface area contributed by atoms with E-state index in [1.807, 2.05) is 0 Å². The van der Waals surface area contributed by atoms with E-state index >= 15 is 0 Å². The molecule has 1 fully saturated rings. The zero-order valence-electron chi connectivity index (χ0n) is 4.85. The van der Waals surface area contributed by atoms with Crippen molar-refractivity contribution in [3.8, 4) is 0 Å². The molecule has 0 radical (unpaired) electrons. The predicted octanol–water partition coefficient (Wildman–Crippen LogP) is -0.734. The molecule has 1 aliphatic heterocycles. The fourth-order valence-electron chi connectivity index (χ4n) is 0.562. The average molecular weight is 148 g/mol. The minimum atomic E-state index is -2.06. The Hall–Kier alpha value is -1.24. The molecule has 1 heterocycles. The van der Waals surface area contributed by atoms with Crippen molar-refractivity contribution in [1.29, 1.82) is 0 Å². The summed E-state index contributed by atoms with van der Waals surface area (Å²) in [5, 5.41) is 20.1. The Morgan fingerprint density at radius 2 is 1.60 bits per heavy atom. The molecule has 0 atom stereocenters. The van der Waals surface area contributed by atoms with Gasteiger partial charge in [0.25, 0.3) is 0 Å². The maximum atomic E-state index is 10.0. The number of nitrogens with zero attached hydrogens (tertiary/aromatic N) is 2. The summed E-state index contributed by atoms with van der Waals surface area (Å²) in [4.78, 5) is 18.2. The van der Waals surface area contributed by atoms with Crippen molar-refractivity contribution < 1.29 is 14.6 Å². The van der Waals surface area contributed by atoms with Gasteiger partial charge in [-0.05, 0) is 0 Å². The summed E-state index contributed by atoms with van der Waals surface area (Å²) in [6.07, 6.45) is 0. The van der Waals surface area contributed by atoms with Gasteiger partial charge in [0.2, 0.25) is 0 Å². The van der Waals surface area contributed by atoms with Gasteiger partial charge >= 0.3 is 5.66 Å². The van der Waals surface area contributed by atoms with Gasteiger partial charge in [0.05, 0.1) is 0 Å². The first-order valence-corrected chi connectivity index (χ1v) is 2.46. The average Bonchev–Trinajstić information content (AvgIpc) is 1.57. The lowest BCUT2D eigenvalue weighted by Crippen LogP contribution is -2.61. The summed E-state index contributed by atoms with van der Waals surface area (Å²) in [7, 11) is 0. The van der Waals surface area contributed by atoms with Crippen LogP contribution in [0, 0.1) is 20.2 Å². The van der Waals surface area contributed by atoms with E-state index < -0.39 is 28.7 Å². The summed E-state index contributed by atoms with van der Waals surface area (Å²) in [5.41, 5.74) is -2.06. The minimum absolute atomic E-state index is 0.424. The van der Waals surface area contributed by atoms with Gasteiger partial charge in [-0.25, -0.2) is 0 Å². The molecule has 0 spiro atoms. The fraction of sp³-hybridized carbons (Fsp3) is 1.00. The van der Waals surface area contributed by atoms with E-state index in [0.29, 0.717) is 0 Å². The molecule has 1 aliphatic rings. The van der Waals surface area contributed by atoms with Crippen LogP contribution in [0.5, 0.6) is 0 Å². The van der Waals surface area contributed by atoms with Crippen LogP contribution in [0.3, 0.4) is 0 Å². The number of nitro groups is 2. The topological polar surface area (TPSA) is 95.5 Å². The van der Waals surface area contributed by atoms with Crippen LogP contribution in [0.2, 0.25) is 0 Å². The first-order chi connectivity index (χ1) is 4.59. The van der Waals surface area contributed by atoms with Crippen LogP contribution >= 0.6 is 0 Å². The summed E-state index contributed by atoms with van der Waals surface area (Å²) < 4.78 is 4.38. The lowest BCUT2D eigenvalue weighted by atomic mass is 10.1. The molecule has 10 heavy (non-hydrogen) atoms. The normalized spacial score (nSPS) is 21.2. The first kappa shape index (κ1) is 6.87. The second-order valence-corrected chi connectivity index (χ2v) is 1.99. The van der Waals surface area contributed by atoms with Crippen LogP contribution < -0.4 is 0 Å². The SMILES string of the molecule is O=[N+]([O-])C1([N+](=O)[O-])COC1. The van der Waals surface area contributed by atoms with Gasteiger partial charge in [-0.3, -0.25) is 20.2 Å². The Morgan fingerprint density at radius 1 is 1.20 bits per heavy atom. The minimum Gasteiger partial charge on any atom is -0.351 e. The predicted molar refractivity (Wildman–Crippen MR) is 27.5 cm³/mol. The smallest absolute Gasteiger partial charge is 0.351 e. The van der Waals surface area contributed by atoms with Crippen LogP contribution in [-0.2, 0) is 4.74 Å². The van der Waals surface area contributed by atoms with Crippen LogP contribution in [-0.4, -0.2) is 28.7 Å². The Labute approximate surface area is 54.9 Å². The molecule has 1 saturated heterocycles. The van der Waals surface area contributed by atoms with E-state index in [1.165, 1.54) is 0 Å². The van der Waals surface area contributed by atoms with Crippen LogP contribution in [0.25, 0.3) is 0 Å². The Balaban J connectivity index is 2.78. The molecule has 0 N–H and O–H groups in total. The second kappa shape index (κ2) is 1.87. The quantitative estimate of drug-likeness (QED) is 0.292. The van der Waals surface area contributed by atoms with Gasteiger partial charge in [-0.1, -0.05) is 0 Å². The summed E-state index contributed by atoms with van der Waals surface area (Å²) in [6, 6.07) is 0. The molecule has 0 unspecified atom stereocenters. The maximum Gasteiger partial charge on any atom is 0.503 e. The molecule has 0 aromatic heterocycles. The van der Waals surface area contributed by atoms with Gasteiger partial charge in [0.1, 0.15) is 9.85 Å². The van der Waals surface area contributed by atoms with Gasteiger partial charge in [-0.2, -0.15) is 0 Å². The van der Waals surface area contributed by atoms with Crippen molar-refractivity contribution >= 4 is 0 Å². The van der Waals surface area contributed by atoms with Gasteiger partial charge in [-0.15, -0.1) is 0 Å². The third kappa shape index (κ3) is 0.637. The zero-order chi connectivity index (χ0) is 7.78.